The second-order valence-electron chi connectivity index (χ2n) is 19.9. The topological polar surface area (TPSA) is 528 Å². The average Bonchev–Trinajstić information content (AvgIpc) is 3.40. The zero-order valence-corrected chi connectivity index (χ0v) is 45.9. The van der Waals surface area contributed by atoms with E-state index in [4.69, 9.17) is 5.11 Å². The monoisotopic (exact) mass is 1190 g/mol. The number of rotatable bonds is 39. The van der Waals surface area contributed by atoms with Crippen LogP contribution in [0.15, 0.2) is 0 Å². The second kappa shape index (κ2) is 37.7. The lowest BCUT2D eigenvalue weighted by molar-refractivity contribution is -0.145. The first-order valence-corrected chi connectivity index (χ1v) is 26.2. The highest BCUT2D eigenvalue weighted by Gasteiger charge is 2.35. The van der Waals surface area contributed by atoms with Gasteiger partial charge in [-0.3, -0.25) is 81.9 Å². The van der Waals surface area contributed by atoms with Crippen LogP contribution in [0.3, 0.4) is 0 Å². The normalized spacial score (nSPS) is 16.4. The van der Waals surface area contributed by atoms with Gasteiger partial charge in [0.1, 0.15) is 17.9 Å². The lowest BCUT2D eigenvalue weighted by atomic mass is 9.91. The molecule has 0 spiro atoms. The number of hydrogen-bond acceptors (Lipinski definition) is 20. The van der Waals surface area contributed by atoms with Gasteiger partial charge in [0.25, 0.3) is 0 Å². The van der Waals surface area contributed by atoms with Gasteiger partial charge in [0.15, 0.2) is 11.6 Å². The van der Waals surface area contributed by atoms with Crippen LogP contribution < -0.4 is 26.6 Å². The fraction of sp³-hybridized carbons (Fsp3) is 0.673. The van der Waals surface area contributed by atoms with Crippen LogP contribution >= 0.6 is 0 Å². The summed E-state index contributed by atoms with van der Waals surface area (Å²) in [6, 6.07) is -8.19. The summed E-state index contributed by atoms with van der Waals surface area (Å²) in [5.41, 5.74) is 0. The molecule has 5 amide bonds. The van der Waals surface area contributed by atoms with E-state index in [9.17, 15) is 118 Å². The highest BCUT2D eigenvalue weighted by atomic mass is 16.4. The van der Waals surface area contributed by atoms with Crippen LogP contribution in [-0.4, -0.2) is 270 Å². The van der Waals surface area contributed by atoms with E-state index >= 15 is 0 Å². The first-order valence-electron chi connectivity index (χ1n) is 26.2. The Labute approximate surface area is 474 Å². The summed E-state index contributed by atoms with van der Waals surface area (Å²) < 4.78 is 0. The minimum absolute atomic E-state index is 0.0599. The number of amides is 5. The number of hydrogen-bond donors (Lipinski definition) is 14. The maximum atomic E-state index is 13.7. The van der Waals surface area contributed by atoms with Gasteiger partial charge < -0.3 is 72.5 Å². The molecule has 0 aromatic heterocycles. The van der Waals surface area contributed by atoms with Gasteiger partial charge in [-0.05, 0) is 25.7 Å². The molecule has 1 fully saturated rings. The van der Waals surface area contributed by atoms with Gasteiger partial charge in [0, 0.05) is 96.4 Å². The van der Waals surface area contributed by atoms with Gasteiger partial charge in [-0.15, -0.1) is 0 Å². The van der Waals surface area contributed by atoms with Gasteiger partial charge in [-0.25, -0.2) is 14.4 Å². The molecule has 1 aliphatic rings. The van der Waals surface area contributed by atoms with Crippen LogP contribution in [0.2, 0.25) is 0 Å². The maximum Gasteiger partial charge on any atom is 0.326 e. The highest BCUT2D eigenvalue weighted by Crippen LogP contribution is 2.17. The molecule has 1 rings (SSSR count). The van der Waals surface area contributed by atoms with Gasteiger partial charge >= 0.3 is 59.8 Å². The van der Waals surface area contributed by atoms with Crippen LogP contribution in [0.5, 0.6) is 0 Å². The highest BCUT2D eigenvalue weighted by molar-refractivity contribution is 5.99. The van der Waals surface area contributed by atoms with E-state index < -0.39 is 201 Å². The number of nitrogens with one attached hydrogen (secondary N) is 5. The number of ketones is 3. The van der Waals surface area contributed by atoms with E-state index in [1.807, 2.05) is 5.32 Å². The molecule has 0 radical (unpaired) electrons. The summed E-state index contributed by atoms with van der Waals surface area (Å²) in [5.74, 6) is -23.1. The molecular weight excluding hydrogens is 1110 g/mol. The molecule has 34 nitrogen and oxygen atoms in total. The van der Waals surface area contributed by atoms with Crippen molar-refractivity contribution >= 4 is 94.8 Å². The lowest BCUT2D eigenvalue weighted by Gasteiger charge is -2.33. The van der Waals surface area contributed by atoms with E-state index in [0.29, 0.717) is 0 Å². The number of urea groups is 1. The van der Waals surface area contributed by atoms with E-state index in [-0.39, 0.29) is 91.3 Å². The molecule has 1 heterocycles. The SMILES string of the molecule is C[C@H](CC(=O)CN1CCN(CC(=O)O)CCN(CC(=O)O)CCN(CC(=O)O)CC1)C(=O)N[C@@H](CC(=O)O)C(=O)C[C@@H](CC(=O)O)C(=O)N[C@@H](CC(=O)O)C(=O)C[C@H](C)C(=O)NCCCC[C@H](NC(=O)N[C@@H](CCC(=O)O)C(=O)O)C(=O)O. The van der Waals surface area contributed by atoms with Crippen molar-refractivity contribution in [3.8, 4) is 0 Å². The minimum Gasteiger partial charge on any atom is -0.481 e. The summed E-state index contributed by atoms with van der Waals surface area (Å²) in [6.45, 7) is 1.57. The zero-order chi connectivity index (χ0) is 63.1. The molecule has 1 aliphatic heterocycles. The average molecular weight is 1190 g/mol. The number of nitrogens with zero attached hydrogens (tertiary/aromatic N) is 4. The van der Waals surface area contributed by atoms with Gasteiger partial charge in [-0.2, -0.15) is 0 Å². The van der Waals surface area contributed by atoms with Crippen LogP contribution in [0, 0.1) is 17.8 Å². The molecule has 1 saturated heterocycles. The van der Waals surface area contributed by atoms with Crippen molar-refractivity contribution < 1.29 is 123 Å². The third-order valence-electron chi connectivity index (χ3n) is 12.8. The Morgan fingerprint density at radius 2 is 0.759 bits per heavy atom. The van der Waals surface area contributed by atoms with Crippen molar-refractivity contribution in [1.82, 2.24) is 46.2 Å². The molecule has 83 heavy (non-hydrogen) atoms. The minimum atomic E-state index is -1.92. The Balaban J connectivity index is 3.06. The van der Waals surface area contributed by atoms with Crippen LogP contribution in [0.25, 0.3) is 0 Å². The van der Waals surface area contributed by atoms with Crippen LogP contribution in [0.1, 0.15) is 84.5 Å². The summed E-state index contributed by atoms with van der Waals surface area (Å²) in [5, 5.41) is 95.7. The molecule has 14 N–H and O–H groups in total. The number of Topliss-reactive ketones (excluding diaryl/α,β-unsaturated/α-hetero) is 3. The Bertz CT molecular complexity index is 2320. The summed E-state index contributed by atoms with van der Waals surface area (Å²) in [7, 11) is 0. The van der Waals surface area contributed by atoms with Crippen molar-refractivity contribution in [2.45, 2.75) is 109 Å². The van der Waals surface area contributed by atoms with E-state index in [2.05, 4.69) is 21.3 Å². The van der Waals surface area contributed by atoms with Crippen LogP contribution in [-0.2, 0) is 71.9 Å². The molecule has 0 unspecified atom stereocenters. The molecule has 34 heteroatoms. The molecule has 0 aromatic rings. The maximum absolute atomic E-state index is 13.7. The molecule has 466 valence electrons. The number of unbranched alkanes of at least 4 members (excludes halogenated alkanes) is 1. The first-order chi connectivity index (χ1) is 38.8. The predicted octanol–water partition coefficient (Wildman–Crippen LogP) is -4.02. The number of carbonyl (C=O) groups excluding carboxylic acids is 7. The predicted molar refractivity (Wildman–Crippen MR) is 278 cm³/mol. The van der Waals surface area contributed by atoms with Crippen molar-refractivity contribution in [3.63, 3.8) is 0 Å². The second-order valence-corrected chi connectivity index (χ2v) is 19.9. The van der Waals surface area contributed by atoms with Gasteiger partial charge in [0.05, 0.1) is 63.4 Å². The molecular formula is C49H75N9O25. The Morgan fingerprint density at radius 3 is 1.16 bits per heavy atom. The van der Waals surface area contributed by atoms with Gasteiger partial charge in [0.2, 0.25) is 17.7 Å². The van der Waals surface area contributed by atoms with Crippen molar-refractivity contribution in [2.24, 2.45) is 17.8 Å². The molecule has 0 aromatic carbocycles. The first kappa shape index (κ1) is 72.8. The van der Waals surface area contributed by atoms with Crippen molar-refractivity contribution in [3.05, 3.63) is 0 Å². The largest absolute Gasteiger partial charge is 0.481 e. The molecule has 0 bridgehead atoms. The van der Waals surface area contributed by atoms with Crippen LogP contribution in [0.4, 0.5) is 4.79 Å². The molecule has 0 saturated carbocycles. The van der Waals surface area contributed by atoms with Crippen molar-refractivity contribution in [2.75, 3.05) is 85.1 Å². The third-order valence-corrected chi connectivity index (χ3v) is 12.8. The lowest BCUT2D eigenvalue weighted by Crippen LogP contribution is -2.51. The Hall–Kier alpha value is -8.24. The molecule has 0 aliphatic carbocycles. The zero-order valence-electron chi connectivity index (χ0n) is 45.9. The van der Waals surface area contributed by atoms with E-state index in [0.717, 1.165) is 0 Å². The molecule has 7 atom stereocenters. The number of carboxylic acids is 9. The third kappa shape index (κ3) is 32.1. The number of carboxylic acid groups (broad SMARTS) is 9. The van der Waals surface area contributed by atoms with E-state index in [1.54, 1.807) is 4.90 Å². The van der Waals surface area contributed by atoms with Crippen molar-refractivity contribution in [1.29, 1.82) is 0 Å². The fourth-order valence-corrected chi connectivity index (χ4v) is 8.37. The quantitative estimate of drug-likeness (QED) is 0.0261. The Kier molecular flexibility index (Phi) is 33.1. The number of aliphatic carboxylic acids is 9. The smallest absolute Gasteiger partial charge is 0.326 e. The number of carbonyl (C=O) groups is 16. The van der Waals surface area contributed by atoms with E-state index in [1.165, 1.54) is 28.5 Å². The fourth-order valence-electron chi connectivity index (χ4n) is 8.37. The Morgan fingerprint density at radius 1 is 0.373 bits per heavy atom. The summed E-state index contributed by atoms with van der Waals surface area (Å²) in [4.78, 5) is 203. The standard InChI is InChI=1S/C49H75N9O25/c1-27(17-30(59)23-55-9-11-56(24-41(70)71)13-15-58(26-43(74)75)16-14-57(12-10-55)25-42(72)73)45(77)51-34(22-40(68)69)36(61)19-29(20-38(64)65)46(78)52-33(21-39(66)67)35(60)18-28(2)44(76)50-8-4-3-5-31(47(79)80)53-49(83)54-32(48(81)82)6-7-37(62)63/h27-29,31-34H,3-26H2,1-2H3,(H,50,76)(H,51,77)(H,52,78)(H,62,63)(H,64,65)(H,66,67)(H,68,69)(H,70,71)(H,72,73)(H,74,75)(H,79,80)(H,81,82)(H2,53,54,83)/t27-,28+,29+,31+,32+,33+,34+/m1/s1. The summed E-state index contributed by atoms with van der Waals surface area (Å²) >= 11 is 0. The summed E-state index contributed by atoms with van der Waals surface area (Å²) in [6.07, 6.45) is -6.72. The van der Waals surface area contributed by atoms with Gasteiger partial charge in [-0.1, -0.05) is 13.8 Å².